The smallest absolute Gasteiger partial charge is 0.0804 e. The molecule has 0 radical (unpaired) electrons. The van der Waals surface area contributed by atoms with Gasteiger partial charge in [-0.3, -0.25) is 0 Å². The van der Waals surface area contributed by atoms with Crippen LogP contribution in [0.2, 0.25) is 5.02 Å². The molecule has 0 saturated carbocycles. The normalized spacial score (nSPS) is 26.8. The number of thioether (sulfide) groups is 1. The number of rotatable bonds is 0. The van der Waals surface area contributed by atoms with E-state index in [0.717, 1.165) is 28.3 Å². The maximum absolute atomic E-state index is 9.96. The summed E-state index contributed by atoms with van der Waals surface area (Å²) in [5.74, 6) is 0.910. The highest BCUT2D eigenvalue weighted by Gasteiger charge is 2.21. The molecule has 1 aliphatic heterocycles. The fraction of sp³-hybridized carbons (Fsp3) is 0.455. The van der Waals surface area contributed by atoms with Gasteiger partial charge < -0.3 is 5.11 Å². The van der Waals surface area contributed by atoms with E-state index in [1.807, 2.05) is 30.0 Å². The third-order valence-corrected chi connectivity index (χ3v) is 4.15. The zero-order valence-electron chi connectivity index (χ0n) is 8.03. The van der Waals surface area contributed by atoms with Crippen LogP contribution in [0.15, 0.2) is 18.2 Å². The van der Waals surface area contributed by atoms with Crippen LogP contribution in [0, 0.1) is 0 Å². The molecule has 0 bridgehead atoms. The zero-order chi connectivity index (χ0) is 10.1. The molecule has 1 heterocycles. The van der Waals surface area contributed by atoms with Gasteiger partial charge in [0, 0.05) is 16.0 Å². The van der Waals surface area contributed by atoms with Crippen LogP contribution in [-0.2, 0) is 5.75 Å². The van der Waals surface area contributed by atoms with E-state index in [9.17, 15) is 5.11 Å². The molecular weight excluding hydrogens is 216 g/mol. The fourth-order valence-corrected chi connectivity index (χ4v) is 3.19. The van der Waals surface area contributed by atoms with Crippen molar-refractivity contribution in [2.24, 2.45) is 0 Å². The van der Waals surface area contributed by atoms with Gasteiger partial charge in [-0.25, -0.2) is 0 Å². The Balaban J connectivity index is 2.43. The molecule has 2 atom stereocenters. The first kappa shape index (κ1) is 10.3. The molecule has 1 unspecified atom stereocenters. The fourth-order valence-electron chi connectivity index (χ4n) is 1.77. The molecule has 76 valence electrons. The SMILES string of the molecule is CC1C[C@H](O)c2cccc(Cl)c2CS1. The van der Waals surface area contributed by atoms with Gasteiger partial charge in [-0.2, -0.15) is 11.8 Å². The van der Waals surface area contributed by atoms with E-state index in [4.69, 9.17) is 11.6 Å². The first-order valence-corrected chi connectivity index (χ1v) is 6.18. The first-order valence-electron chi connectivity index (χ1n) is 4.75. The average Bonchev–Trinajstić information content (AvgIpc) is 2.28. The van der Waals surface area contributed by atoms with Crippen LogP contribution in [0.25, 0.3) is 0 Å². The Morgan fingerprint density at radius 1 is 1.50 bits per heavy atom. The summed E-state index contributed by atoms with van der Waals surface area (Å²) in [7, 11) is 0. The van der Waals surface area contributed by atoms with E-state index in [0.29, 0.717) is 5.25 Å². The van der Waals surface area contributed by atoms with Crippen molar-refractivity contribution in [2.75, 3.05) is 0 Å². The highest BCUT2D eigenvalue weighted by molar-refractivity contribution is 7.99. The van der Waals surface area contributed by atoms with Crippen molar-refractivity contribution in [3.05, 3.63) is 34.3 Å². The van der Waals surface area contributed by atoms with E-state index in [2.05, 4.69) is 6.92 Å². The van der Waals surface area contributed by atoms with E-state index >= 15 is 0 Å². The van der Waals surface area contributed by atoms with E-state index in [1.165, 1.54) is 0 Å². The summed E-state index contributed by atoms with van der Waals surface area (Å²) in [6, 6.07) is 5.78. The predicted molar refractivity (Wildman–Crippen MR) is 61.8 cm³/mol. The Labute approximate surface area is 93.5 Å². The molecule has 1 N–H and O–H groups in total. The Kier molecular flexibility index (Phi) is 3.05. The topological polar surface area (TPSA) is 20.2 Å². The number of benzene rings is 1. The van der Waals surface area contributed by atoms with Gasteiger partial charge in [-0.15, -0.1) is 0 Å². The molecule has 1 aromatic carbocycles. The molecular formula is C11H13ClOS. The third kappa shape index (κ3) is 1.92. The summed E-state index contributed by atoms with van der Waals surface area (Å²) in [5, 5.41) is 11.2. The molecule has 1 nitrogen and oxygen atoms in total. The van der Waals surface area contributed by atoms with Crippen molar-refractivity contribution in [3.8, 4) is 0 Å². The molecule has 3 heteroatoms. The van der Waals surface area contributed by atoms with Crippen molar-refractivity contribution >= 4 is 23.4 Å². The lowest BCUT2D eigenvalue weighted by Crippen LogP contribution is -2.03. The Bertz CT molecular complexity index is 340. The van der Waals surface area contributed by atoms with Crippen molar-refractivity contribution in [1.82, 2.24) is 0 Å². The molecule has 2 rings (SSSR count). The largest absolute Gasteiger partial charge is 0.388 e. The average molecular weight is 229 g/mol. The number of halogens is 1. The second kappa shape index (κ2) is 4.13. The highest BCUT2D eigenvalue weighted by Crippen LogP contribution is 2.37. The Hall–Kier alpha value is -0.180. The Morgan fingerprint density at radius 2 is 2.29 bits per heavy atom. The van der Waals surface area contributed by atoms with Crippen molar-refractivity contribution in [3.63, 3.8) is 0 Å². The lowest BCUT2D eigenvalue weighted by atomic mass is 10.0. The molecule has 0 saturated heterocycles. The monoisotopic (exact) mass is 228 g/mol. The number of aliphatic hydroxyl groups is 1. The minimum Gasteiger partial charge on any atom is -0.388 e. The molecule has 0 aliphatic carbocycles. The standard InChI is InChI=1S/C11H13ClOS/c1-7-5-11(13)8-3-2-4-10(12)9(8)6-14-7/h2-4,7,11,13H,5-6H2,1H3/t7?,11-/m0/s1. The number of aliphatic hydroxyl groups excluding tert-OH is 1. The van der Waals surface area contributed by atoms with E-state index < -0.39 is 0 Å². The van der Waals surface area contributed by atoms with E-state index in [1.54, 1.807) is 0 Å². The van der Waals surface area contributed by atoms with Crippen LogP contribution in [0.4, 0.5) is 0 Å². The lowest BCUT2D eigenvalue weighted by Gasteiger charge is -2.12. The third-order valence-electron chi connectivity index (χ3n) is 2.58. The van der Waals surface area contributed by atoms with Crippen LogP contribution < -0.4 is 0 Å². The summed E-state index contributed by atoms with van der Waals surface area (Å²) < 4.78 is 0. The van der Waals surface area contributed by atoms with Gasteiger partial charge in [-0.1, -0.05) is 30.7 Å². The predicted octanol–water partition coefficient (Wildman–Crippen LogP) is 3.40. The van der Waals surface area contributed by atoms with Crippen LogP contribution in [0.3, 0.4) is 0 Å². The molecule has 1 aliphatic rings. The number of fused-ring (bicyclic) bond motifs is 1. The summed E-state index contributed by atoms with van der Waals surface area (Å²) in [5.41, 5.74) is 2.12. The number of hydrogen-bond donors (Lipinski definition) is 1. The Morgan fingerprint density at radius 3 is 3.07 bits per heavy atom. The van der Waals surface area contributed by atoms with Gasteiger partial charge in [0.1, 0.15) is 0 Å². The van der Waals surface area contributed by atoms with Gasteiger partial charge in [0.25, 0.3) is 0 Å². The number of hydrogen-bond acceptors (Lipinski definition) is 2. The molecule has 1 aromatic rings. The van der Waals surface area contributed by atoms with Crippen molar-refractivity contribution in [1.29, 1.82) is 0 Å². The summed E-state index contributed by atoms with van der Waals surface area (Å²) >= 11 is 7.96. The molecule has 0 fully saturated rings. The maximum atomic E-state index is 9.96. The first-order chi connectivity index (χ1) is 6.68. The van der Waals surface area contributed by atoms with Gasteiger partial charge in [0.05, 0.1) is 6.10 Å². The van der Waals surface area contributed by atoms with Gasteiger partial charge in [0.2, 0.25) is 0 Å². The quantitative estimate of drug-likeness (QED) is 0.735. The zero-order valence-corrected chi connectivity index (χ0v) is 9.61. The highest BCUT2D eigenvalue weighted by atomic mass is 35.5. The van der Waals surface area contributed by atoms with Crippen LogP contribution in [-0.4, -0.2) is 10.4 Å². The molecule has 0 spiro atoms. The van der Waals surface area contributed by atoms with Crippen LogP contribution >= 0.6 is 23.4 Å². The van der Waals surface area contributed by atoms with Crippen LogP contribution in [0.1, 0.15) is 30.6 Å². The van der Waals surface area contributed by atoms with Crippen LogP contribution in [0.5, 0.6) is 0 Å². The second-order valence-electron chi connectivity index (χ2n) is 3.68. The van der Waals surface area contributed by atoms with Gasteiger partial charge in [-0.05, 0) is 23.6 Å². The minimum absolute atomic E-state index is 0.353. The minimum atomic E-state index is -0.353. The summed E-state index contributed by atoms with van der Waals surface area (Å²) in [6.45, 7) is 2.15. The molecule has 0 aromatic heterocycles. The molecule has 14 heavy (non-hydrogen) atoms. The van der Waals surface area contributed by atoms with Crippen molar-refractivity contribution in [2.45, 2.75) is 30.5 Å². The maximum Gasteiger partial charge on any atom is 0.0804 e. The molecule has 0 amide bonds. The van der Waals surface area contributed by atoms with Gasteiger partial charge >= 0.3 is 0 Å². The van der Waals surface area contributed by atoms with E-state index in [-0.39, 0.29) is 6.10 Å². The summed E-state index contributed by atoms with van der Waals surface area (Å²) in [6.07, 6.45) is 0.464. The van der Waals surface area contributed by atoms with Gasteiger partial charge in [0.15, 0.2) is 0 Å². The lowest BCUT2D eigenvalue weighted by molar-refractivity contribution is 0.168. The summed E-state index contributed by atoms with van der Waals surface area (Å²) in [4.78, 5) is 0. The van der Waals surface area contributed by atoms with Crippen molar-refractivity contribution < 1.29 is 5.11 Å². The second-order valence-corrected chi connectivity index (χ2v) is 5.51.